The molecule has 2 aliphatic rings. The summed E-state index contributed by atoms with van der Waals surface area (Å²) in [5.41, 5.74) is 2.59. The van der Waals surface area contributed by atoms with Crippen molar-refractivity contribution in [1.82, 2.24) is 10.6 Å². The quantitative estimate of drug-likeness (QED) is 0.815. The van der Waals surface area contributed by atoms with Crippen molar-refractivity contribution in [3.8, 4) is 6.07 Å². The van der Waals surface area contributed by atoms with Gasteiger partial charge < -0.3 is 10.6 Å². The molecular weight excluding hydrogens is 358 g/mol. The summed E-state index contributed by atoms with van der Waals surface area (Å²) in [5.74, 6) is -0.201. The zero-order chi connectivity index (χ0) is 19.2. The van der Waals surface area contributed by atoms with Crippen molar-refractivity contribution in [2.75, 3.05) is 5.75 Å². The lowest BCUT2D eigenvalue weighted by Gasteiger charge is -2.26. The van der Waals surface area contributed by atoms with Gasteiger partial charge in [-0.3, -0.25) is 9.59 Å². The van der Waals surface area contributed by atoms with Crippen LogP contribution in [0.2, 0.25) is 0 Å². The first-order valence-electron chi connectivity index (χ1n) is 9.50. The number of amides is 2. The predicted octanol–water partition coefficient (Wildman–Crippen LogP) is 3.52. The van der Waals surface area contributed by atoms with E-state index in [2.05, 4.69) is 16.7 Å². The molecule has 3 rings (SSSR count). The maximum Gasteiger partial charge on any atom is 0.230 e. The third-order valence-corrected chi connectivity index (χ3v) is 6.25. The van der Waals surface area contributed by atoms with Crippen molar-refractivity contribution < 1.29 is 9.59 Å². The Kier molecular flexibility index (Phi) is 6.57. The van der Waals surface area contributed by atoms with Gasteiger partial charge in [0, 0.05) is 18.4 Å². The second kappa shape index (κ2) is 9.09. The van der Waals surface area contributed by atoms with Crippen molar-refractivity contribution in [3.63, 3.8) is 0 Å². The van der Waals surface area contributed by atoms with Gasteiger partial charge in [0.1, 0.15) is 0 Å². The molecule has 0 spiro atoms. The normalized spacial score (nSPS) is 20.7. The number of benzene rings is 1. The monoisotopic (exact) mass is 383 g/mol. The lowest BCUT2D eigenvalue weighted by atomic mass is 9.85. The Balaban J connectivity index is 1.71. The van der Waals surface area contributed by atoms with Gasteiger partial charge >= 0.3 is 0 Å². The summed E-state index contributed by atoms with van der Waals surface area (Å²) in [6.45, 7) is 1.99. The lowest BCUT2D eigenvalue weighted by molar-refractivity contribution is -0.121. The summed E-state index contributed by atoms with van der Waals surface area (Å²) in [7, 11) is 0. The molecule has 1 atom stereocenters. The predicted molar refractivity (Wildman–Crippen MR) is 107 cm³/mol. The minimum Gasteiger partial charge on any atom is -0.353 e. The number of thioether (sulfide) groups is 1. The van der Waals surface area contributed by atoms with Crippen molar-refractivity contribution in [3.05, 3.63) is 46.0 Å². The molecule has 2 amide bonds. The molecule has 1 aromatic rings. The zero-order valence-corrected chi connectivity index (χ0v) is 16.4. The smallest absolute Gasteiger partial charge is 0.230 e. The van der Waals surface area contributed by atoms with E-state index in [4.69, 9.17) is 0 Å². The molecule has 1 fully saturated rings. The van der Waals surface area contributed by atoms with E-state index in [1.807, 2.05) is 31.2 Å². The number of nitrogens with one attached hydrogen (secondary N) is 2. The van der Waals surface area contributed by atoms with Crippen molar-refractivity contribution in [2.24, 2.45) is 0 Å². The maximum absolute atomic E-state index is 12.3. The van der Waals surface area contributed by atoms with Crippen LogP contribution in [0.15, 0.2) is 34.9 Å². The summed E-state index contributed by atoms with van der Waals surface area (Å²) >= 11 is 1.25. The van der Waals surface area contributed by atoms with E-state index in [0.717, 1.165) is 36.8 Å². The van der Waals surface area contributed by atoms with Crippen LogP contribution in [0.4, 0.5) is 0 Å². The fourth-order valence-electron chi connectivity index (χ4n) is 3.83. The Bertz CT molecular complexity index is 791. The Hall–Kier alpha value is -2.26. The van der Waals surface area contributed by atoms with Crippen LogP contribution in [0.25, 0.3) is 0 Å². The average Bonchev–Trinajstić information content (AvgIpc) is 2.67. The molecule has 1 aromatic carbocycles. The van der Waals surface area contributed by atoms with Gasteiger partial charge in [-0.1, -0.05) is 55.3 Å². The third kappa shape index (κ3) is 4.92. The Labute approximate surface area is 164 Å². The fraction of sp³-hybridized carbons (Fsp3) is 0.476. The molecule has 1 saturated carbocycles. The highest BCUT2D eigenvalue weighted by molar-refractivity contribution is 8.03. The van der Waals surface area contributed by atoms with Crippen molar-refractivity contribution in [1.29, 1.82) is 5.26 Å². The van der Waals surface area contributed by atoms with E-state index in [-0.39, 0.29) is 35.9 Å². The van der Waals surface area contributed by atoms with Crippen LogP contribution in [-0.4, -0.2) is 23.6 Å². The molecule has 27 heavy (non-hydrogen) atoms. The van der Waals surface area contributed by atoms with E-state index in [1.54, 1.807) is 0 Å². The first-order valence-corrected chi connectivity index (χ1v) is 10.5. The first-order chi connectivity index (χ1) is 13.1. The second-order valence-electron chi connectivity index (χ2n) is 7.21. The molecule has 5 nitrogen and oxygen atoms in total. The summed E-state index contributed by atoms with van der Waals surface area (Å²) < 4.78 is 0. The molecule has 0 bridgehead atoms. The summed E-state index contributed by atoms with van der Waals surface area (Å²) in [5, 5.41) is 16.1. The van der Waals surface area contributed by atoms with Gasteiger partial charge in [0.25, 0.3) is 0 Å². The van der Waals surface area contributed by atoms with Crippen LogP contribution in [0.1, 0.15) is 55.6 Å². The standard InChI is InChI=1S/C21H25N3O2S/c1-14-7-5-6-10-16(14)17-11-19(25)24-21(18(17)12-22)27-13-20(26)23-15-8-3-2-4-9-15/h5-7,10,15,17H,2-4,8-9,11,13H2,1H3,(H,23,26)(H,24,25)/t17-/m0/s1. The highest BCUT2D eigenvalue weighted by atomic mass is 32.2. The first kappa shape index (κ1) is 19.5. The average molecular weight is 384 g/mol. The van der Waals surface area contributed by atoms with Gasteiger partial charge in [0.2, 0.25) is 11.8 Å². The topological polar surface area (TPSA) is 82.0 Å². The molecule has 1 aliphatic carbocycles. The Morgan fingerprint density at radius 1 is 1.30 bits per heavy atom. The number of allylic oxidation sites excluding steroid dienone is 1. The van der Waals surface area contributed by atoms with Gasteiger partial charge in [0.05, 0.1) is 22.4 Å². The zero-order valence-electron chi connectivity index (χ0n) is 15.6. The number of hydrogen-bond donors (Lipinski definition) is 2. The number of nitrogens with zero attached hydrogens (tertiary/aromatic N) is 1. The summed E-state index contributed by atoms with van der Waals surface area (Å²) in [6.07, 6.45) is 5.90. The molecule has 142 valence electrons. The number of aryl methyl sites for hydroxylation is 1. The minimum absolute atomic E-state index is 0.0380. The van der Waals surface area contributed by atoms with Gasteiger partial charge in [-0.2, -0.15) is 5.26 Å². The second-order valence-corrected chi connectivity index (χ2v) is 8.19. The Morgan fingerprint density at radius 3 is 2.74 bits per heavy atom. The number of carbonyl (C=O) groups excluding carboxylic acids is 2. The highest BCUT2D eigenvalue weighted by Gasteiger charge is 2.30. The summed E-state index contributed by atoms with van der Waals surface area (Å²) in [4.78, 5) is 24.5. The van der Waals surface area contributed by atoms with E-state index in [9.17, 15) is 14.9 Å². The molecule has 1 aliphatic heterocycles. The van der Waals surface area contributed by atoms with E-state index >= 15 is 0 Å². The van der Waals surface area contributed by atoms with Gasteiger partial charge in [-0.05, 0) is 30.9 Å². The van der Waals surface area contributed by atoms with Crippen molar-refractivity contribution >= 4 is 23.6 Å². The molecule has 0 saturated heterocycles. The fourth-order valence-corrected chi connectivity index (χ4v) is 4.72. The maximum atomic E-state index is 12.3. The van der Waals surface area contributed by atoms with Crippen LogP contribution in [0.3, 0.4) is 0 Å². The molecule has 0 unspecified atom stereocenters. The lowest BCUT2D eigenvalue weighted by Crippen LogP contribution is -2.38. The number of carbonyl (C=O) groups is 2. The van der Waals surface area contributed by atoms with E-state index in [1.165, 1.54) is 18.2 Å². The van der Waals surface area contributed by atoms with Gasteiger partial charge in [0.15, 0.2) is 0 Å². The van der Waals surface area contributed by atoms with Crippen LogP contribution in [0, 0.1) is 18.3 Å². The summed E-state index contributed by atoms with van der Waals surface area (Å²) in [6, 6.07) is 10.4. The SMILES string of the molecule is Cc1ccccc1[C@@H]1CC(=O)NC(SCC(=O)NC2CCCCC2)=C1C#N. The molecule has 1 heterocycles. The van der Waals surface area contributed by atoms with Gasteiger partial charge in [-0.25, -0.2) is 0 Å². The molecule has 6 heteroatoms. The third-order valence-electron chi connectivity index (χ3n) is 5.24. The number of rotatable bonds is 5. The highest BCUT2D eigenvalue weighted by Crippen LogP contribution is 2.37. The van der Waals surface area contributed by atoms with Crippen LogP contribution in [0.5, 0.6) is 0 Å². The van der Waals surface area contributed by atoms with Crippen molar-refractivity contribution in [2.45, 2.75) is 57.4 Å². The molecule has 0 radical (unpaired) electrons. The minimum atomic E-state index is -0.256. The Morgan fingerprint density at radius 2 is 2.04 bits per heavy atom. The number of hydrogen-bond acceptors (Lipinski definition) is 4. The molecular formula is C21H25N3O2S. The largest absolute Gasteiger partial charge is 0.353 e. The van der Waals surface area contributed by atoms with Crippen LogP contribution >= 0.6 is 11.8 Å². The van der Waals surface area contributed by atoms with E-state index < -0.39 is 0 Å². The van der Waals surface area contributed by atoms with E-state index in [0.29, 0.717) is 10.6 Å². The molecule has 2 N–H and O–H groups in total. The molecule has 0 aromatic heterocycles. The van der Waals surface area contributed by atoms with Gasteiger partial charge in [-0.15, -0.1) is 0 Å². The number of nitriles is 1. The van der Waals surface area contributed by atoms with Crippen LogP contribution < -0.4 is 10.6 Å². The van der Waals surface area contributed by atoms with Crippen LogP contribution in [-0.2, 0) is 9.59 Å².